The van der Waals surface area contributed by atoms with Gasteiger partial charge < -0.3 is 34.4 Å². The zero-order chi connectivity index (χ0) is 31.6. The summed E-state index contributed by atoms with van der Waals surface area (Å²) < 4.78 is 18.4. The van der Waals surface area contributed by atoms with Crippen molar-refractivity contribution in [3.8, 4) is 0 Å². The Morgan fingerprint density at radius 2 is 1.86 bits per heavy atom. The van der Waals surface area contributed by atoms with Crippen LogP contribution in [0, 0.1) is 11.8 Å². The predicted molar refractivity (Wildman–Crippen MR) is 160 cm³/mol. The van der Waals surface area contributed by atoms with Gasteiger partial charge in [-0.15, -0.1) is 0 Å². The molecule has 1 aromatic rings. The maximum absolute atomic E-state index is 14.5. The van der Waals surface area contributed by atoms with Crippen molar-refractivity contribution in [2.75, 3.05) is 26.9 Å². The fourth-order valence-corrected chi connectivity index (χ4v) is 7.12. The standard InChI is InChI=1S/C33H43N3O8/c1-5-22(18-37)36-29-31(40)35(20(2)3)17-11-16-33(29)27(30(36)39)26-24(44-33)14-9-10-15-25(38)34-23(19-42-4)28(43-32(26)41)21-12-7-6-8-13-21/h6-9,11-14,16,20,22-24,26-29,37H,5,10,15,17-19H2,1-4H3,(H,34,38)/b14-9-/t22-,23+,24+,26-,27-,28+,29+,33-/m0/s1. The number of benzene rings is 1. The summed E-state index contributed by atoms with van der Waals surface area (Å²) in [5.74, 6) is -3.78. The van der Waals surface area contributed by atoms with Gasteiger partial charge >= 0.3 is 5.97 Å². The molecule has 0 bridgehead atoms. The Morgan fingerprint density at radius 3 is 2.52 bits per heavy atom. The van der Waals surface area contributed by atoms with E-state index in [1.165, 1.54) is 12.0 Å². The van der Waals surface area contributed by atoms with Gasteiger partial charge in [0.25, 0.3) is 0 Å². The van der Waals surface area contributed by atoms with Gasteiger partial charge in [0.2, 0.25) is 17.7 Å². The molecule has 0 radical (unpaired) electrons. The van der Waals surface area contributed by atoms with Crippen LogP contribution in [0.1, 0.15) is 51.7 Å². The fraction of sp³-hybridized carbons (Fsp3) is 0.576. The molecular weight excluding hydrogens is 566 g/mol. The van der Waals surface area contributed by atoms with Crippen LogP contribution in [0.4, 0.5) is 0 Å². The average molecular weight is 610 g/mol. The lowest BCUT2D eigenvalue weighted by molar-refractivity contribution is -0.163. The van der Waals surface area contributed by atoms with Gasteiger partial charge in [-0.05, 0) is 32.3 Å². The van der Waals surface area contributed by atoms with Crippen LogP contribution in [0.25, 0.3) is 0 Å². The number of hydrogen-bond acceptors (Lipinski definition) is 8. The van der Waals surface area contributed by atoms with E-state index in [-0.39, 0.29) is 37.5 Å². The number of methoxy groups -OCH3 is 1. The number of cyclic esters (lactones) is 1. The molecule has 11 heteroatoms. The minimum absolute atomic E-state index is 0.0815. The summed E-state index contributed by atoms with van der Waals surface area (Å²) in [6, 6.07) is 6.52. The number of aliphatic hydroxyl groups is 1. The highest BCUT2D eigenvalue weighted by Crippen LogP contribution is 2.54. The number of likely N-dealkylation sites (tertiary alicyclic amines) is 1. The number of nitrogens with one attached hydrogen (secondary N) is 1. The van der Waals surface area contributed by atoms with Crippen molar-refractivity contribution in [1.29, 1.82) is 0 Å². The van der Waals surface area contributed by atoms with Gasteiger partial charge in [-0.3, -0.25) is 19.2 Å². The molecule has 238 valence electrons. The van der Waals surface area contributed by atoms with Gasteiger partial charge in [-0.25, -0.2) is 0 Å². The number of hydrogen-bond donors (Lipinski definition) is 2. The van der Waals surface area contributed by atoms with Crippen LogP contribution in [-0.4, -0.2) is 101 Å². The van der Waals surface area contributed by atoms with Crippen LogP contribution < -0.4 is 5.32 Å². The number of rotatable bonds is 7. The van der Waals surface area contributed by atoms with Crippen LogP contribution in [0.5, 0.6) is 0 Å². The maximum atomic E-state index is 14.5. The third-order valence-corrected chi connectivity index (χ3v) is 9.23. The summed E-state index contributed by atoms with van der Waals surface area (Å²) in [7, 11) is 1.51. The Kier molecular flexibility index (Phi) is 9.57. The third-order valence-electron chi connectivity index (χ3n) is 9.23. The first-order valence-corrected chi connectivity index (χ1v) is 15.5. The normalized spacial score (nSPS) is 33.9. The molecule has 2 fully saturated rings. The van der Waals surface area contributed by atoms with Gasteiger partial charge in [0, 0.05) is 26.1 Å². The van der Waals surface area contributed by atoms with Gasteiger partial charge in [0.05, 0.1) is 37.3 Å². The molecule has 2 saturated heterocycles. The Morgan fingerprint density at radius 1 is 1.11 bits per heavy atom. The second-order valence-electron chi connectivity index (χ2n) is 12.2. The van der Waals surface area contributed by atoms with Crippen LogP contribution in [0.3, 0.4) is 0 Å². The number of allylic oxidation sites excluding steroid dienone is 1. The lowest BCUT2D eigenvalue weighted by Gasteiger charge is -2.39. The van der Waals surface area contributed by atoms with Crippen molar-refractivity contribution in [2.24, 2.45) is 11.8 Å². The quantitative estimate of drug-likeness (QED) is 0.354. The first-order chi connectivity index (χ1) is 21.2. The molecule has 0 aliphatic carbocycles. The van der Waals surface area contributed by atoms with Crippen molar-refractivity contribution in [1.82, 2.24) is 15.1 Å². The van der Waals surface area contributed by atoms with Crippen molar-refractivity contribution >= 4 is 23.7 Å². The van der Waals surface area contributed by atoms with E-state index in [1.807, 2.05) is 45.0 Å². The van der Waals surface area contributed by atoms with Crippen LogP contribution >= 0.6 is 0 Å². The van der Waals surface area contributed by atoms with E-state index in [0.717, 1.165) is 0 Å². The molecular formula is C33H43N3O8. The summed E-state index contributed by atoms with van der Waals surface area (Å²) in [6.07, 6.45) is 6.24. The van der Waals surface area contributed by atoms with Gasteiger partial charge in [0.1, 0.15) is 23.7 Å². The van der Waals surface area contributed by atoms with Gasteiger partial charge in [-0.1, -0.05) is 61.6 Å². The summed E-state index contributed by atoms with van der Waals surface area (Å²) in [5, 5.41) is 13.3. The molecule has 1 spiro atoms. The molecule has 0 aromatic heterocycles. The number of ether oxygens (including phenoxy) is 3. The molecule has 3 amide bonds. The molecule has 1 aromatic carbocycles. The lowest BCUT2D eigenvalue weighted by Crippen LogP contribution is -2.58. The molecule has 11 nitrogen and oxygen atoms in total. The minimum atomic E-state index is -1.46. The largest absolute Gasteiger partial charge is 0.455 e. The van der Waals surface area contributed by atoms with E-state index in [1.54, 1.807) is 35.3 Å². The summed E-state index contributed by atoms with van der Waals surface area (Å²) in [5.41, 5.74) is -0.803. The number of amides is 3. The van der Waals surface area contributed by atoms with E-state index >= 15 is 0 Å². The zero-order valence-corrected chi connectivity index (χ0v) is 25.8. The Hall–Kier alpha value is -3.54. The second-order valence-corrected chi connectivity index (χ2v) is 12.2. The summed E-state index contributed by atoms with van der Waals surface area (Å²) >= 11 is 0. The number of aliphatic hydroxyl groups excluding tert-OH is 1. The molecule has 2 N–H and O–H groups in total. The smallest absolute Gasteiger partial charge is 0.313 e. The highest BCUT2D eigenvalue weighted by atomic mass is 16.6. The Balaban J connectivity index is 1.63. The number of fused-ring (bicyclic) bond motifs is 2. The highest BCUT2D eigenvalue weighted by Gasteiger charge is 2.72. The van der Waals surface area contributed by atoms with Gasteiger partial charge in [-0.2, -0.15) is 0 Å². The van der Waals surface area contributed by atoms with E-state index in [9.17, 15) is 24.3 Å². The van der Waals surface area contributed by atoms with E-state index < -0.39 is 59.6 Å². The fourth-order valence-electron chi connectivity index (χ4n) is 7.12. The van der Waals surface area contributed by atoms with Crippen LogP contribution in [0.15, 0.2) is 54.6 Å². The number of carbonyl (C=O) groups excluding carboxylic acids is 4. The van der Waals surface area contributed by atoms with Crippen molar-refractivity contribution in [2.45, 2.75) is 82.0 Å². The molecule has 5 rings (SSSR count). The van der Waals surface area contributed by atoms with E-state index in [2.05, 4.69) is 5.32 Å². The second kappa shape index (κ2) is 13.2. The average Bonchev–Trinajstić information content (AvgIpc) is 3.39. The number of carbonyl (C=O) groups is 4. The Labute approximate surface area is 258 Å². The lowest BCUT2D eigenvalue weighted by atomic mass is 9.77. The summed E-state index contributed by atoms with van der Waals surface area (Å²) in [4.78, 5) is 59.2. The molecule has 0 saturated carbocycles. The first-order valence-electron chi connectivity index (χ1n) is 15.5. The van der Waals surface area contributed by atoms with Crippen LogP contribution in [0.2, 0.25) is 0 Å². The first kappa shape index (κ1) is 31.9. The monoisotopic (exact) mass is 609 g/mol. The zero-order valence-electron chi connectivity index (χ0n) is 25.8. The topological polar surface area (TPSA) is 135 Å². The van der Waals surface area contributed by atoms with E-state index in [0.29, 0.717) is 24.9 Å². The predicted octanol–water partition coefficient (Wildman–Crippen LogP) is 1.91. The van der Waals surface area contributed by atoms with Crippen molar-refractivity contribution < 1.29 is 38.5 Å². The molecule has 8 atom stereocenters. The molecule has 44 heavy (non-hydrogen) atoms. The van der Waals surface area contributed by atoms with Crippen LogP contribution in [-0.2, 0) is 33.4 Å². The number of nitrogens with zero attached hydrogens (tertiary/aromatic N) is 2. The SMILES string of the molecule is CC[C@@H](CO)N1C(=O)[C@@H]2[C@H]3C(=O)O[C@H](c4ccccc4)[C@@H](COC)NC(=O)CC/C=C\[C@H]3O[C@@]23C=CCN(C(C)C)C(=O)[C@@H]13. The molecule has 4 heterocycles. The highest BCUT2D eigenvalue weighted by molar-refractivity contribution is 5.99. The van der Waals surface area contributed by atoms with E-state index in [4.69, 9.17) is 14.2 Å². The maximum Gasteiger partial charge on any atom is 0.313 e. The summed E-state index contributed by atoms with van der Waals surface area (Å²) in [6.45, 7) is 5.72. The number of esters is 1. The molecule has 4 aliphatic rings. The van der Waals surface area contributed by atoms with Crippen molar-refractivity contribution in [3.63, 3.8) is 0 Å². The Bertz CT molecular complexity index is 1290. The molecule has 0 unspecified atom stereocenters. The van der Waals surface area contributed by atoms with Crippen molar-refractivity contribution in [3.05, 3.63) is 60.2 Å². The minimum Gasteiger partial charge on any atom is -0.455 e. The third kappa shape index (κ3) is 5.57. The molecule has 4 aliphatic heterocycles. The van der Waals surface area contributed by atoms with Gasteiger partial charge in [0.15, 0.2) is 0 Å².